The van der Waals surface area contributed by atoms with E-state index in [4.69, 9.17) is 0 Å². The minimum Gasteiger partial charge on any atom is -0.256 e. The van der Waals surface area contributed by atoms with Crippen molar-refractivity contribution in [3.8, 4) is 0 Å². The topological polar surface area (TPSA) is 36.8 Å². The lowest BCUT2D eigenvalue weighted by atomic mass is 10.3. The Bertz CT molecular complexity index is 506. The molecule has 0 aromatic heterocycles. The molecule has 0 aliphatic carbocycles. The van der Waals surface area contributed by atoms with E-state index in [0.717, 1.165) is 11.4 Å². The van der Waals surface area contributed by atoms with Gasteiger partial charge < -0.3 is 0 Å². The van der Waals surface area contributed by atoms with E-state index in [-0.39, 0.29) is 0 Å². The lowest BCUT2D eigenvalue weighted by Crippen LogP contribution is -2.33. The first kappa shape index (κ1) is 12.3. The summed E-state index contributed by atoms with van der Waals surface area (Å²) in [4.78, 5) is 0. The second kappa shape index (κ2) is 5.42. The van der Waals surface area contributed by atoms with Crippen molar-refractivity contribution >= 4 is 11.4 Å². The van der Waals surface area contributed by atoms with Gasteiger partial charge in [0.25, 0.3) is 0 Å². The zero-order valence-corrected chi connectivity index (χ0v) is 10.6. The van der Waals surface area contributed by atoms with E-state index in [0.29, 0.717) is 4.59 Å². The Labute approximate surface area is 107 Å². The molecule has 0 fully saturated rings. The van der Waals surface area contributed by atoms with E-state index in [1.165, 1.54) is 0 Å². The van der Waals surface area contributed by atoms with Crippen LogP contribution in [0.5, 0.6) is 0 Å². The fraction of sp³-hybridized carbons (Fsp3) is 0.143. The highest BCUT2D eigenvalue weighted by atomic mass is 15.7. The lowest BCUT2D eigenvalue weighted by molar-refractivity contribution is 0.393. The first-order valence-corrected chi connectivity index (χ1v) is 5.81. The first-order valence-electron chi connectivity index (χ1n) is 5.81. The third-order valence-corrected chi connectivity index (χ3v) is 2.61. The summed E-state index contributed by atoms with van der Waals surface area (Å²) in [5, 5.41) is 8.31. The minimum absolute atomic E-state index is 0.348. The maximum Gasteiger partial charge on any atom is 0.160 e. The van der Waals surface area contributed by atoms with Gasteiger partial charge in [-0.25, -0.2) is 0 Å². The largest absolute Gasteiger partial charge is 0.256 e. The van der Waals surface area contributed by atoms with Crippen LogP contribution in [-0.4, -0.2) is 14.1 Å². The number of quaternary nitrogens is 1. The van der Waals surface area contributed by atoms with Crippen LogP contribution in [0.25, 0.3) is 0 Å². The molecule has 0 heterocycles. The van der Waals surface area contributed by atoms with E-state index >= 15 is 0 Å². The van der Waals surface area contributed by atoms with Crippen molar-refractivity contribution in [2.24, 2.45) is 10.4 Å². The third kappa shape index (κ3) is 3.15. The van der Waals surface area contributed by atoms with Crippen LogP contribution >= 0.6 is 0 Å². The van der Waals surface area contributed by atoms with Gasteiger partial charge in [-0.05, 0) is 17.4 Å². The predicted octanol–water partition coefficient (Wildman–Crippen LogP) is 3.65. The lowest BCUT2D eigenvalue weighted by Gasteiger charge is -2.19. The molecular formula is C14H17N4+. The zero-order chi connectivity index (χ0) is 12.8. The van der Waals surface area contributed by atoms with Crippen molar-refractivity contribution in [1.82, 2.24) is 4.59 Å². The number of rotatable bonds is 4. The van der Waals surface area contributed by atoms with Crippen molar-refractivity contribution in [3.63, 3.8) is 0 Å². The molecule has 0 amide bonds. The average molecular weight is 241 g/mol. The Balaban J connectivity index is 2.05. The summed E-state index contributed by atoms with van der Waals surface area (Å²) in [6.45, 7) is 0. The highest BCUT2D eigenvalue weighted by Gasteiger charge is 2.18. The molecule has 0 unspecified atom stereocenters. The fourth-order valence-electron chi connectivity index (χ4n) is 1.55. The first-order chi connectivity index (χ1) is 8.68. The maximum atomic E-state index is 4.27. The van der Waals surface area contributed by atoms with Crippen LogP contribution in [0.3, 0.4) is 0 Å². The van der Waals surface area contributed by atoms with Crippen LogP contribution in [0, 0.1) is 0 Å². The molecule has 18 heavy (non-hydrogen) atoms. The summed E-state index contributed by atoms with van der Waals surface area (Å²) in [7, 11) is 3.96. The van der Waals surface area contributed by atoms with Crippen LogP contribution < -0.4 is 10.0 Å². The standard InChI is InChI=1S/C14H17N4/c1-18(2,14-11-7-4-8-12-14)17-16-15-13-9-5-3-6-10-13/h3-12H,1-2H3,(H,15,17)/q+1. The number of para-hydroxylation sites is 2. The van der Waals surface area contributed by atoms with Crippen LogP contribution in [-0.2, 0) is 0 Å². The molecule has 0 atom stereocenters. The van der Waals surface area contributed by atoms with Crippen LogP contribution in [0.4, 0.5) is 11.4 Å². The fourth-order valence-corrected chi connectivity index (χ4v) is 1.55. The van der Waals surface area contributed by atoms with Crippen LogP contribution in [0.15, 0.2) is 71.1 Å². The molecule has 0 radical (unpaired) electrons. The quantitative estimate of drug-likeness (QED) is 0.495. The molecular weight excluding hydrogens is 224 g/mol. The molecule has 1 N–H and O–H groups in total. The van der Waals surface area contributed by atoms with Crippen LogP contribution in [0.2, 0.25) is 0 Å². The second-order valence-corrected chi connectivity index (χ2v) is 4.40. The Kier molecular flexibility index (Phi) is 3.69. The number of nitrogens with one attached hydrogen (secondary N) is 1. The molecule has 0 saturated carbocycles. The summed E-state index contributed by atoms with van der Waals surface area (Å²) in [6.07, 6.45) is 0. The van der Waals surface area contributed by atoms with Crippen molar-refractivity contribution in [3.05, 3.63) is 60.7 Å². The Morgan fingerprint density at radius 3 is 2.00 bits per heavy atom. The van der Waals surface area contributed by atoms with E-state index in [1.807, 2.05) is 74.8 Å². The molecule has 0 saturated heterocycles. The van der Waals surface area contributed by atoms with Gasteiger partial charge in [0.15, 0.2) is 5.69 Å². The molecule has 0 spiro atoms. The molecule has 0 bridgehead atoms. The molecule has 0 aliphatic rings. The van der Waals surface area contributed by atoms with E-state index in [9.17, 15) is 0 Å². The number of nitrogens with zero attached hydrogens (tertiary/aromatic N) is 3. The normalized spacial score (nSPS) is 11.7. The smallest absolute Gasteiger partial charge is 0.160 e. The van der Waals surface area contributed by atoms with Crippen molar-refractivity contribution in [2.45, 2.75) is 0 Å². The van der Waals surface area contributed by atoms with Crippen molar-refractivity contribution in [1.29, 1.82) is 0 Å². The molecule has 4 nitrogen and oxygen atoms in total. The van der Waals surface area contributed by atoms with E-state index in [2.05, 4.69) is 15.9 Å². The van der Waals surface area contributed by atoms with Crippen molar-refractivity contribution in [2.75, 3.05) is 19.5 Å². The van der Waals surface area contributed by atoms with E-state index < -0.39 is 0 Å². The van der Waals surface area contributed by atoms with Crippen LogP contribution in [0.1, 0.15) is 0 Å². The zero-order valence-electron chi connectivity index (χ0n) is 10.6. The number of anilines is 1. The molecule has 92 valence electrons. The summed E-state index contributed by atoms with van der Waals surface area (Å²) >= 11 is 0. The van der Waals surface area contributed by atoms with Gasteiger partial charge in [0.05, 0.1) is 25.0 Å². The second-order valence-electron chi connectivity index (χ2n) is 4.40. The minimum atomic E-state index is 0.348. The number of hydrogen-bond donors (Lipinski definition) is 1. The van der Waals surface area contributed by atoms with Gasteiger partial charge in [-0.3, -0.25) is 5.43 Å². The predicted molar refractivity (Wildman–Crippen MR) is 75.0 cm³/mol. The van der Waals surface area contributed by atoms with Gasteiger partial charge in [-0.15, -0.1) is 0 Å². The molecule has 2 aromatic carbocycles. The van der Waals surface area contributed by atoms with Gasteiger partial charge in [0.1, 0.15) is 0 Å². The molecule has 2 rings (SSSR count). The van der Waals surface area contributed by atoms with Gasteiger partial charge in [-0.2, -0.15) is 4.59 Å². The number of hydrogen-bond acceptors (Lipinski definition) is 2. The van der Waals surface area contributed by atoms with Crippen molar-refractivity contribution < 1.29 is 0 Å². The molecule has 2 aromatic rings. The highest BCUT2D eigenvalue weighted by Crippen LogP contribution is 2.18. The number of benzene rings is 2. The summed E-state index contributed by atoms with van der Waals surface area (Å²) in [5.74, 6) is 0. The summed E-state index contributed by atoms with van der Waals surface area (Å²) in [5.41, 5.74) is 4.92. The Morgan fingerprint density at radius 1 is 0.833 bits per heavy atom. The van der Waals surface area contributed by atoms with Gasteiger partial charge in [0, 0.05) is 12.1 Å². The maximum absolute atomic E-state index is 4.27. The highest BCUT2D eigenvalue weighted by molar-refractivity contribution is 5.42. The SMILES string of the molecule is C[N+](C)(N=NNc1ccccc1)c1ccccc1. The summed E-state index contributed by atoms with van der Waals surface area (Å²) < 4.78 is 0.348. The molecule has 4 heteroatoms. The van der Waals surface area contributed by atoms with Gasteiger partial charge in [-0.1, -0.05) is 36.4 Å². The molecule has 0 aliphatic heterocycles. The average Bonchev–Trinajstić information content (AvgIpc) is 2.41. The van der Waals surface area contributed by atoms with Gasteiger partial charge >= 0.3 is 0 Å². The Morgan fingerprint density at radius 2 is 1.39 bits per heavy atom. The van der Waals surface area contributed by atoms with Gasteiger partial charge in [0.2, 0.25) is 0 Å². The van der Waals surface area contributed by atoms with E-state index in [1.54, 1.807) is 0 Å². The summed E-state index contributed by atoms with van der Waals surface area (Å²) in [6, 6.07) is 19.8. The Hall–Kier alpha value is -2.20. The monoisotopic (exact) mass is 241 g/mol. The third-order valence-electron chi connectivity index (χ3n) is 2.61.